The highest BCUT2D eigenvalue weighted by molar-refractivity contribution is 7.80. The van der Waals surface area contributed by atoms with E-state index in [9.17, 15) is 4.79 Å². The van der Waals surface area contributed by atoms with E-state index in [1.165, 1.54) is 5.56 Å². The molecule has 2 aliphatic rings. The molecule has 186 valence electrons. The lowest BCUT2D eigenvalue weighted by Crippen LogP contribution is -2.72. The van der Waals surface area contributed by atoms with Gasteiger partial charge in [-0.3, -0.25) is 9.69 Å². The van der Waals surface area contributed by atoms with Gasteiger partial charge in [-0.2, -0.15) is 0 Å². The van der Waals surface area contributed by atoms with E-state index < -0.39 is 17.7 Å². The Labute approximate surface area is 217 Å². The zero-order valence-corrected chi connectivity index (χ0v) is 22.0. The van der Waals surface area contributed by atoms with Crippen molar-refractivity contribution in [2.75, 3.05) is 17.3 Å². The van der Waals surface area contributed by atoms with E-state index in [0.717, 1.165) is 34.5 Å². The monoisotopic (exact) mass is 501 g/mol. The van der Waals surface area contributed by atoms with Gasteiger partial charge in [0.25, 0.3) is 0 Å². The number of nitrogens with zero attached hydrogens (tertiary/aromatic N) is 1. The minimum Gasteiger partial charge on any atom is -0.493 e. The molecular weight excluding hydrogens is 470 g/mol. The van der Waals surface area contributed by atoms with Gasteiger partial charge in [0.05, 0.1) is 13.2 Å². The van der Waals surface area contributed by atoms with Gasteiger partial charge in [-0.05, 0) is 74.8 Å². The number of nitrogens with one attached hydrogen (secondary N) is 2. The van der Waals surface area contributed by atoms with E-state index in [2.05, 4.69) is 35.8 Å². The molecule has 0 spiro atoms. The third kappa shape index (κ3) is 3.88. The molecule has 3 aromatic rings. The molecule has 3 atom stereocenters. The van der Waals surface area contributed by atoms with Gasteiger partial charge in [0, 0.05) is 16.9 Å². The fourth-order valence-electron chi connectivity index (χ4n) is 5.36. The fraction of sp³-hybridized carbons (Fsp3) is 0.310. The smallest absolute Gasteiger partial charge is 0.236 e. The highest BCUT2D eigenvalue weighted by Gasteiger charge is 2.59. The maximum atomic E-state index is 14.0. The first-order valence-corrected chi connectivity index (χ1v) is 12.6. The number of carbonyl (C=O) groups excluding carboxylic acids is 1. The molecule has 1 fully saturated rings. The number of carbonyl (C=O) groups is 1. The number of hydrogen-bond donors (Lipinski definition) is 2. The lowest BCUT2D eigenvalue weighted by atomic mass is 9.78. The molecule has 1 saturated heterocycles. The Balaban J connectivity index is 1.63. The summed E-state index contributed by atoms with van der Waals surface area (Å²) in [5.74, 6) is 0.476. The van der Waals surface area contributed by atoms with Crippen LogP contribution in [-0.2, 0) is 11.2 Å². The second kappa shape index (κ2) is 9.13. The highest BCUT2D eigenvalue weighted by atomic mass is 32.1. The molecule has 0 radical (unpaired) electrons. The van der Waals surface area contributed by atoms with E-state index in [-0.39, 0.29) is 5.91 Å². The van der Waals surface area contributed by atoms with Crippen molar-refractivity contribution in [1.82, 2.24) is 5.32 Å². The molecule has 0 aromatic heterocycles. The number of rotatable bonds is 5. The van der Waals surface area contributed by atoms with Crippen LogP contribution < -0.4 is 25.0 Å². The number of thiocarbonyl (C=S) groups is 1. The third-order valence-electron chi connectivity index (χ3n) is 7.23. The number of anilines is 2. The lowest BCUT2D eigenvalue weighted by Gasteiger charge is -2.56. The molecule has 7 heteroatoms. The number of hydrogen-bond acceptors (Lipinski definition) is 4. The number of methoxy groups -OCH3 is 1. The van der Waals surface area contributed by atoms with Gasteiger partial charge in [-0.15, -0.1) is 0 Å². The number of ether oxygens (including phenoxy) is 2. The number of aryl methyl sites for hydroxylation is 3. The van der Waals surface area contributed by atoms with Crippen molar-refractivity contribution in [3.8, 4) is 11.5 Å². The van der Waals surface area contributed by atoms with E-state index in [4.69, 9.17) is 21.7 Å². The van der Waals surface area contributed by atoms with Crippen molar-refractivity contribution >= 4 is 34.6 Å². The Kier molecular flexibility index (Phi) is 6.12. The van der Waals surface area contributed by atoms with Gasteiger partial charge in [0.15, 0.2) is 22.3 Å². The summed E-state index contributed by atoms with van der Waals surface area (Å²) in [4.78, 5) is 16.0. The summed E-state index contributed by atoms with van der Waals surface area (Å²) in [6, 6.07) is 19.6. The first-order valence-electron chi connectivity index (χ1n) is 12.2. The van der Waals surface area contributed by atoms with Gasteiger partial charge in [-0.25, -0.2) is 0 Å². The largest absolute Gasteiger partial charge is 0.493 e. The highest BCUT2D eigenvalue weighted by Crippen LogP contribution is 2.52. The van der Waals surface area contributed by atoms with Crippen LogP contribution in [0.4, 0.5) is 11.4 Å². The average Bonchev–Trinajstić information content (AvgIpc) is 2.85. The normalized spacial score (nSPS) is 22.2. The second-order valence-corrected chi connectivity index (χ2v) is 9.99. The van der Waals surface area contributed by atoms with Crippen LogP contribution in [0.15, 0.2) is 60.7 Å². The molecule has 2 aliphatic heterocycles. The molecule has 0 aliphatic carbocycles. The van der Waals surface area contributed by atoms with Crippen molar-refractivity contribution in [1.29, 1.82) is 0 Å². The zero-order chi connectivity index (χ0) is 25.6. The van der Waals surface area contributed by atoms with Gasteiger partial charge < -0.3 is 20.1 Å². The molecule has 5 rings (SSSR count). The van der Waals surface area contributed by atoms with E-state index in [0.29, 0.717) is 16.6 Å². The van der Waals surface area contributed by atoms with Crippen LogP contribution in [0, 0.1) is 19.8 Å². The van der Waals surface area contributed by atoms with Crippen molar-refractivity contribution in [3.63, 3.8) is 0 Å². The number of amides is 1. The van der Waals surface area contributed by atoms with E-state index in [1.807, 2.05) is 68.1 Å². The number of benzene rings is 3. The quantitative estimate of drug-likeness (QED) is 0.439. The average molecular weight is 502 g/mol. The van der Waals surface area contributed by atoms with Crippen molar-refractivity contribution in [3.05, 3.63) is 82.9 Å². The summed E-state index contributed by atoms with van der Waals surface area (Å²) in [5, 5.41) is 7.13. The van der Waals surface area contributed by atoms with Gasteiger partial charge in [0.1, 0.15) is 5.92 Å². The van der Waals surface area contributed by atoms with Crippen LogP contribution >= 0.6 is 12.2 Å². The first kappa shape index (κ1) is 24.1. The Bertz CT molecular complexity index is 1340. The lowest BCUT2D eigenvalue weighted by molar-refractivity contribution is -0.130. The summed E-state index contributed by atoms with van der Waals surface area (Å²) < 4.78 is 12.4. The van der Waals surface area contributed by atoms with Gasteiger partial charge in [-0.1, -0.05) is 48.9 Å². The van der Waals surface area contributed by atoms with Crippen LogP contribution in [0.1, 0.15) is 42.1 Å². The molecule has 36 heavy (non-hydrogen) atoms. The predicted molar refractivity (Wildman–Crippen MR) is 147 cm³/mol. The molecular formula is C29H31N3O3S. The molecule has 0 unspecified atom stereocenters. The summed E-state index contributed by atoms with van der Waals surface area (Å²) in [7, 11) is 1.62. The number of para-hydroxylation sites is 1. The Morgan fingerprint density at radius 3 is 2.58 bits per heavy atom. The second-order valence-electron chi connectivity index (χ2n) is 9.60. The maximum Gasteiger partial charge on any atom is 0.236 e. The molecule has 2 heterocycles. The molecule has 6 nitrogen and oxygen atoms in total. The van der Waals surface area contributed by atoms with Gasteiger partial charge >= 0.3 is 0 Å². The van der Waals surface area contributed by atoms with E-state index in [1.54, 1.807) is 7.11 Å². The number of fused-ring (bicyclic) bond motifs is 4. The summed E-state index contributed by atoms with van der Waals surface area (Å²) >= 11 is 5.86. The molecule has 2 bridgehead atoms. The minimum absolute atomic E-state index is 0.145. The van der Waals surface area contributed by atoms with E-state index >= 15 is 0 Å². The topological polar surface area (TPSA) is 62.8 Å². The molecule has 2 N–H and O–H groups in total. The Hall–Kier alpha value is -3.58. The summed E-state index contributed by atoms with van der Waals surface area (Å²) in [6.07, 6.45) is 0.935. The fourth-order valence-corrected chi connectivity index (χ4v) is 5.78. The van der Waals surface area contributed by atoms with Crippen molar-refractivity contribution in [2.24, 2.45) is 5.92 Å². The van der Waals surface area contributed by atoms with Crippen LogP contribution in [0.2, 0.25) is 0 Å². The van der Waals surface area contributed by atoms with Crippen LogP contribution in [0.3, 0.4) is 0 Å². The zero-order valence-electron chi connectivity index (χ0n) is 21.2. The molecule has 0 saturated carbocycles. The Morgan fingerprint density at radius 2 is 1.92 bits per heavy atom. The molecule has 3 aromatic carbocycles. The van der Waals surface area contributed by atoms with Crippen molar-refractivity contribution in [2.45, 2.75) is 45.9 Å². The SMILES string of the molecule is CCc1ccc(N2C(=S)N[C@@H]3c4cccc(OC)c4O[C@]2(C)[C@@H]3C(=O)Nc2ccc(C)cc2C)cc1. The summed E-state index contributed by atoms with van der Waals surface area (Å²) in [6.45, 7) is 8.09. The first-order chi connectivity index (χ1) is 17.3. The standard InChI is InChI=1S/C29H31N3O3S/c1-6-19-11-13-20(14-12-19)32-28(36)31-25-21-8-7-9-23(34-5)26(21)35-29(32,4)24(25)27(33)30-22-15-10-17(2)16-18(22)3/h7-16,24-25H,6H2,1-5H3,(H,30,33)(H,31,36)/t24-,25+,29+/m0/s1. The van der Waals surface area contributed by atoms with Crippen molar-refractivity contribution < 1.29 is 14.3 Å². The minimum atomic E-state index is -1.11. The van der Waals surface area contributed by atoms with Gasteiger partial charge in [0.2, 0.25) is 5.91 Å². The van der Waals surface area contributed by atoms with Crippen LogP contribution in [-0.4, -0.2) is 23.9 Å². The maximum absolute atomic E-state index is 14.0. The predicted octanol–water partition coefficient (Wildman–Crippen LogP) is 5.67. The Morgan fingerprint density at radius 1 is 1.17 bits per heavy atom. The molecule has 1 amide bonds. The third-order valence-corrected chi connectivity index (χ3v) is 7.53. The van der Waals surface area contributed by atoms with Crippen LogP contribution in [0.5, 0.6) is 11.5 Å². The summed E-state index contributed by atoms with van der Waals surface area (Å²) in [5.41, 5.74) is 4.75. The van der Waals surface area contributed by atoms with Crippen LogP contribution in [0.25, 0.3) is 0 Å².